The Labute approximate surface area is 91.4 Å². The van der Waals surface area contributed by atoms with E-state index in [0.29, 0.717) is 10.5 Å². The van der Waals surface area contributed by atoms with Gasteiger partial charge in [-0.05, 0) is 33.8 Å². The van der Waals surface area contributed by atoms with E-state index in [1.54, 1.807) is 18.2 Å². The molecule has 0 radical (unpaired) electrons. The summed E-state index contributed by atoms with van der Waals surface area (Å²) in [5.41, 5.74) is 0.481. The molecule has 0 fully saturated rings. The summed E-state index contributed by atoms with van der Waals surface area (Å²) in [5, 5.41) is 0. The van der Waals surface area contributed by atoms with E-state index in [1.165, 1.54) is 6.08 Å². The van der Waals surface area contributed by atoms with Gasteiger partial charge in [-0.2, -0.15) is 0 Å². The highest BCUT2D eigenvalue weighted by molar-refractivity contribution is 8.21. The van der Waals surface area contributed by atoms with Gasteiger partial charge in [0.2, 0.25) is 0 Å². The Bertz CT molecular complexity index is 339. The van der Waals surface area contributed by atoms with Gasteiger partial charge in [-0.1, -0.05) is 24.8 Å². The molecule has 14 heavy (non-hydrogen) atoms. The minimum atomic E-state index is -0.381. The maximum absolute atomic E-state index is 11.4. The van der Waals surface area contributed by atoms with Crippen LogP contribution >= 0.6 is 21.7 Å². The van der Waals surface area contributed by atoms with Crippen LogP contribution in [-0.2, 0) is 4.74 Å². The molecule has 0 unspecified atom stereocenters. The molecule has 0 aromatic heterocycles. The van der Waals surface area contributed by atoms with E-state index in [-0.39, 0.29) is 12.6 Å². The van der Waals surface area contributed by atoms with Gasteiger partial charge in [-0.25, -0.2) is 4.79 Å². The number of carbonyl (C=O) groups excluding carboxylic acids is 1. The Hall–Kier alpha value is -0.930. The van der Waals surface area contributed by atoms with Crippen molar-refractivity contribution in [3.05, 3.63) is 42.5 Å². The van der Waals surface area contributed by atoms with Crippen molar-refractivity contribution in [3.63, 3.8) is 0 Å². The van der Waals surface area contributed by atoms with Crippen molar-refractivity contribution in [2.24, 2.45) is 0 Å². The highest BCUT2D eigenvalue weighted by Crippen LogP contribution is 2.26. The summed E-state index contributed by atoms with van der Waals surface area (Å²) in [4.78, 5) is 12.1. The summed E-state index contributed by atoms with van der Waals surface area (Å²) in [6, 6.07) is 7.02. The standard InChI is InChI=1S/C10H9ClO2S/c1-2-7-13-10(12)8-5-3-4-6-9(8)14-11/h2-6H,1,7H2. The van der Waals surface area contributed by atoms with Gasteiger partial charge in [0.25, 0.3) is 0 Å². The molecule has 0 heterocycles. The van der Waals surface area contributed by atoms with Gasteiger partial charge < -0.3 is 4.74 Å². The third-order valence-electron chi connectivity index (χ3n) is 1.52. The molecule has 1 rings (SSSR count). The SMILES string of the molecule is C=CCOC(=O)c1ccccc1SCl. The minimum absolute atomic E-state index is 0.208. The second-order valence-corrected chi connectivity index (χ2v) is 3.52. The number of esters is 1. The Morgan fingerprint density at radius 1 is 1.57 bits per heavy atom. The Balaban J connectivity index is 2.82. The van der Waals surface area contributed by atoms with E-state index < -0.39 is 0 Å². The number of carbonyl (C=O) groups is 1. The van der Waals surface area contributed by atoms with Crippen molar-refractivity contribution in [1.82, 2.24) is 0 Å². The lowest BCUT2D eigenvalue weighted by Gasteiger charge is -2.04. The molecule has 0 atom stereocenters. The van der Waals surface area contributed by atoms with E-state index in [9.17, 15) is 4.79 Å². The minimum Gasteiger partial charge on any atom is -0.458 e. The first-order chi connectivity index (χ1) is 6.79. The number of benzene rings is 1. The molecule has 0 aliphatic heterocycles. The first-order valence-corrected chi connectivity index (χ1v) is 5.59. The van der Waals surface area contributed by atoms with Crippen LogP contribution < -0.4 is 0 Å². The zero-order valence-corrected chi connectivity index (χ0v) is 8.98. The number of ether oxygens (including phenoxy) is 1. The zero-order chi connectivity index (χ0) is 10.4. The number of hydrogen-bond donors (Lipinski definition) is 0. The summed E-state index contributed by atoms with van der Waals surface area (Å²) in [6.45, 7) is 3.67. The number of rotatable bonds is 4. The maximum atomic E-state index is 11.4. The van der Waals surface area contributed by atoms with Crippen LogP contribution in [0.1, 0.15) is 10.4 Å². The summed E-state index contributed by atoms with van der Waals surface area (Å²) >= 11 is 0. The molecule has 0 amide bonds. The monoisotopic (exact) mass is 228 g/mol. The molecule has 0 saturated heterocycles. The van der Waals surface area contributed by atoms with Crippen LogP contribution in [0.2, 0.25) is 0 Å². The van der Waals surface area contributed by atoms with Crippen molar-refractivity contribution >= 4 is 27.6 Å². The van der Waals surface area contributed by atoms with Crippen LogP contribution in [0, 0.1) is 0 Å². The molecule has 1 aromatic rings. The van der Waals surface area contributed by atoms with Crippen molar-refractivity contribution in [1.29, 1.82) is 0 Å². The van der Waals surface area contributed by atoms with Crippen LogP contribution in [0.25, 0.3) is 0 Å². The van der Waals surface area contributed by atoms with Crippen molar-refractivity contribution in [3.8, 4) is 0 Å². The van der Waals surface area contributed by atoms with E-state index in [0.717, 1.165) is 11.0 Å². The molecular weight excluding hydrogens is 220 g/mol. The van der Waals surface area contributed by atoms with Crippen LogP contribution in [0.4, 0.5) is 0 Å². The predicted molar refractivity (Wildman–Crippen MR) is 58.6 cm³/mol. The molecule has 0 bridgehead atoms. The second-order valence-electron chi connectivity index (χ2n) is 2.46. The Morgan fingerprint density at radius 2 is 2.29 bits per heavy atom. The lowest BCUT2D eigenvalue weighted by molar-refractivity contribution is 0.0546. The number of halogens is 1. The van der Waals surface area contributed by atoms with E-state index in [4.69, 9.17) is 15.4 Å². The normalized spacial score (nSPS) is 9.50. The lowest BCUT2D eigenvalue weighted by atomic mass is 10.2. The number of hydrogen-bond acceptors (Lipinski definition) is 3. The quantitative estimate of drug-likeness (QED) is 0.585. The fourth-order valence-electron chi connectivity index (χ4n) is 0.915. The van der Waals surface area contributed by atoms with Gasteiger partial charge in [0, 0.05) is 4.90 Å². The van der Waals surface area contributed by atoms with Gasteiger partial charge in [0.1, 0.15) is 6.61 Å². The fourth-order valence-corrected chi connectivity index (χ4v) is 1.68. The van der Waals surface area contributed by atoms with Gasteiger partial charge in [0.05, 0.1) is 5.56 Å². The van der Waals surface area contributed by atoms with Gasteiger partial charge in [0.15, 0.2) is 0 Å². The van der Waals surface area contributed by atoms with Crippen LogP contribution in [0.5, 0.6) is 0 Å². The maximum Gasteiger partial charge on any atom is 0.339 e. The van der Waals surface area contributed by atoms with E-state index in [2.05, 4.69) is 6.58 Å². The topological polar surface area (TPSA) is 26.3 Å². The van der Waals surface area contributed by atoms with Crippen LogP contribution in [-0.4, -0.2) is 12.6 Å². The van der Waals surface area contributed by atoms with Crippen LogP contribution in [0.3, 0.4) is 0 Å². The highest BCUT2D eigenvalue weighted by atomic mass is 35.7. The summed E-state index contributed by atoms with van der Waals surface area (Å²) in [7, 11) is 6.60. The zero-order valence-electron chi connectivity index (χ0n) is 7.40. The molecular formula is C10H9ClO2S. The van der Waals surface area contributed by atoms with Gasteiger partial charge in [-0.15, -0.1) is 0 Å². The van der Waals surface area contributed by atoms with Gasteiger partial charge in [-0.3, -0.25) is 0 Å². The summed E-state index contributed by atoms with van der Waals surface area (Å²) < 4.78 is 4.89. The van der Waals surface area contributed by atoms with E-state index >= 15 is 0 Å². The van der Waals surface area contributed by atoms with Gasteiger partial charge >= 0.3 is 5.97 Å². The molecule has 2 nitrogen and oxygen atoms in total. The molecule has 0 spiro atoms. The van der Waals surface area contributed by atoms with Crippen molar-refractivity contribution in [2.75, 3.05) is 6.61 Å². The predicted octanol–water partition coefficient (Wildman–Crippen LogP) is 3.28. The molecule has 74 valence electrons. The molecule has 0 saturated carbocycles. The van der Waals surface area contributed by atoms with Crippen LogP contribution in [0.15, 0.2) is 41.8 Å². The third-order valence-corrected chi connectivity index (χ3v) is 2.54. The van der Waals surface area contributed by atoms with E-state index in [1.807, 2.05) is 6.07 Å². The average Bonchev–Trinajstić information content (AvgIpc) is 2.25. The second kappa shape index (κ2) is 5.73. The first-order valence-electron chi connectivity index (χ1n) is 3.95. The molecule has 0 N–H and O–H groups in total. The smallest absolute Gasteiger partial charge is 0.339 e. The third kappa shape index (κ3) is 2.79. The average molecular weight is 229 g/mol. The van der Waals surface area contributed by atoms with Crippen molar-refractivity contribution < 1.29 is 9.53 Å². The largest absolute Gasteiger partial charge is 0.458 e. The molecule has 0 aliphatic rings. The van der Waals surface area contributed by atoms with Crippen molar-refractivity contribution in [2.45, 2.75) is 4.90 Å². The molecule has 0 aliphatic carbocycles. The molecule has 1 aromatic carbocycles. The highest BCUT2D eigenvalue weighted by Gasteiger charge is 2.11. The summed E-state index contributed by atoms with van der Waals surface area (Å²) in [5.74, 6) is -0.381. The first kappa shape index (κ1) is 11.1. The summed E-state index contributed by atoms with van der Waals surface area (Å²) in [6.07, 6.45) is 1.52. The lowest BCUT2D eigenvalue weighted by Crippen LogP contribution is -2.05. The Morgan fingerprint density at radius 3 is 2.93 bits per heavy atom. The fraction of sp³-hybridized carbons (Fsp3) is 0.100. The molecule has 4 heteroatoms. The Kier molecular flexibility index (Phi) is 4.56.